The second kappa shape index (κ2) is 7.95. The van der Waals surface area contributed by atoms with Gasteiger partial charge in [0.1, 0.15) is 6.04 Å². The van der Waals surface area contributed by atoms with Gasteiger partial charge in [0.2, 0.25) is 11.8 Å². The third-order valence-electron chi connectivity index (χ3n) is 4.54. The predicted octanol–water partition coefficient (Wildman–Crippen LogP) is 1.89. The number of carbonyl (C=O) groups excluding carboxylic acids is 2. The molecule has 1 aliphatic heterocycles. The van der Waals surface area contributed by atoms with Gasteiger partial charge in [-0.15, -0.1) is 0 Å². The van der Waals surface area contributed by atoms with Crippen molar-refractivity contribution < 1.29 is 14.3 Å². The Morgan fingerprint density at radius 3 is 2.65 bits per heavy atom. The van der Waals surface area contributed by atoms with Crippen LogP contribution in [0.4, 0.5) is 0 Å². The lowest BCUT2D eigenvalue weighted by molar-refractivity contribution is -0.126. The van der Waals surface area contributed by atoms with Gasteiger partial charge in [-0.1, -0.05) is 12.1 Å². The largest absolute Gasteiger partial charge is 0.481 e. The van der Waals surface area contributed by atoms with E-state index < -0.39 is 6.04 Å². The van der Waals surface area contributed by atoms with E-state index in [1.165, 1.54) is 0 Å². The van der Waals surface area contributed by atoms with E-state index in [1.807, 2.05) is 0 Å². The van der Waals surface area contributed by atoms with Gasteiger partial charge in [0.25, 0.3) is 5.91 Å². The van der Waals surface area contributed by atoms with E-state index in [2.05, 4.69) is 15.3 Å². The van der Waals surface area contributed by atoms with Crippen LogP contribution in [0.2, 0.25) is 0 Å². The van der Waals surface area contributed by atoms with Gasteiger partial charge in [0, 0.05) is 37.0 Å². The Morgan fingerprint density at radius 1 is 1.19 bits per heavy atom. The van der Waals surface area contributed by atoms with Crippen molar-refractivity contribution in [1.29, 1.82) is 0 Å². The van der Waals surface area contributed by atoms with Gasteiger partial charge in [-0.2, -0.15) is 4.98 Å². The number of benzene rings is 1. The summed E-state index contributed by atoms with van der Waals surface area (Å²) in [5.74, 6) is 0.775. The highest BCUT2D eigenvalue weighted by atomic mass is 16.5. The summed E-state index contributed by atoms with van der Waals surface area (Å²) >= 11 is 0. The number of aromatic nitrogens is 2. The lowest BCUT2D eigenvalue weighted by Crippen LogP contribution is -2.51. The van der Waals surface area contributed by atoms with E-state index in [4.69, 9.17) is 4.74 Å². The second-order valence-electron chi connectivity index (χ2n) is 6.12. The fourth-order valence-electron chi connectivity index (χ4n) is 3.14. The molecule has 1 saturated heterocycles. The van der Waals surface area contributed by atoms with Crippen LogP contribution in [0.15, 0.2) is 36.5 Å². The molecule has 1 aromatic heterocycles. The Bertz CT molecular complexity index is 792. The van der Waals surface area contributed by atoms with Gasteiger partial charge in [0.15, 0.2) is 5.82 Å². The van der Waals surface area contributed by atoms with Gasteiger partial charge >= 0.3 is 0 Å². The number of likely N-dealkylation sites (N-methyl/N-ethyl adjacent to an activating group) is 1. The maximum atomic E-state index is 12.9. The summed E-state index contributed by atoms with van der Waals surface area (Å²) in [6, 6.07) is 8.38. The van der Waals surface area contributed by atoms with E-state index in [9.17, 15) is 9.59 Å². The van der Waals surface area contributed by atoms with Crippen LogP contribution in [0.5, 0.6) is 5.88 Å². The average molecular weight is 354 g/mol. The standard InChI is InChI=1S/C19H22N4O3/c1-20-18(24)15-5-3-4-12-23(15)19(25)14-8-6-13(7-9-14)17-21-11-10-16(22-17)26-2/h6-11,15H,3-5,12H2,1-2H3,(H,20,24)/t15-/m0/s1. The molecule has 1 fully saturated rings. The molecule has 2 amide bonds. The van der Waals surface area contributed by atoms with Crippen molar-refractivity contribution in [2.24, 2.45) is 0 Å². The van der Waals surface area contributed by atoms with Crippen LogP contribution in [-0.2, 0) is 4.79 Å². The van der Waals surface area contributed by atoms with Crippen molar-refractivity contribution in [1.82, 2.24) is 20.2 Å². The highest BCUT2D eigenvalue weighted by molar-refractivity contribution is 5.98. The number of piperidine rings is 1. The molecule has 0 radical (unpaired) electrons. The molecule has 0 spiro atoms. The number of nitrogens with one attached hydrogen (secondary N) is 1. The van der Waals surface area contributed by atoms with Crippen molar-refractivity contribution in [3.8, 4) is 17.3 Å². The fraction of sp³-hybridized carbons (Fsp3) is 0.368. The molecule has 1 atom stereocenters. The molecule has 0 aliphatic carbocycles. The number of rotatable bonds is 4. The number of likely N-dealkylation sites (tertiary alicyclic amines) is 1. The first-order chi connectivity index (χ1) is 12.6. The predicted molar refractivity (Wildman–Crippen MR) is 96.8 cm³/mol. The quantitative estimate of drug-likeness (QED) is 0.906. The number of hydrogen-bond acceptors (Lipinski definition) is 5. The minimum Gasteiger partial charge on any atom is -0.481 e. The van der Waals surface area contributed by atoms with Crippen LogP contribution in [0.3, 0.4) is 0 Å². The third kappa shape index (κ3) is 3.66. The average Bonchev–Trinajstić information content (AvgIpc) is 2.72. The first-order valence-electron chi connectivity index (χ1n) is 8.64. The number of ether oxygens (including phenoxy) is 1. The summed E-state index contributed by atoms with van der Waals surface area (Å²) in [4.78, 5) is 35.1. The molecule has 2 heterocycles. The zero-order valence-corrected chi connectivity index (χ0v) is 14.9. The number of amides is 2. The monoisotopic (exact) mass is 354 g/mol. The first-order valence-corrected chi connectivity index (χ1v) is 8.64. The molecule has 1 aliphatic rings. The van der Waals surface area contributed by atoms with Crippen molar-refractivity contribution in [2.75, 3.05) is 20.7 Å². The smallest absolute Gasteiger partial charge is 0.254 e. The van der Waals surface area contributed by atoms with Crippen LogP contribution < -0.4 is 10.1 Å². The molecular formula is C19H22N4O3. The maximum absolute atomic E-state index is 12.9. The van der Waals surface area contributed by atoms with Crippen molar-refractivity contribution in [3.63, 3.8) is 0 Å². The van der Waals surface area contributed by atoms with Crippen LogP contribution in [0, 0.1) is 0 Å². The summed E-state index contributed by atoms with van der Waals surface area (Å²) in [5.41, 5.74) is 1.34. The highest BCUT2D eigenvalue weighted by Gasteiger charge is 2.31. The van der Waals surface area contributed by atoms with Crippen molar-refractivity contribution in [2.45, 2.75) is 25.3 Å². The summed E-state index contributed by atoms with van der Waals surface area (Å²) in [6.45, 7) is 0.595. The van der Waals surface area contributed by atoms with E-state index in [-0.39, 0.29) is 11.8 Å². The Labute approximate surface area is 152 Å². The number of carbonyl (C=O) groups is 2. The summed E-state index contributed by atoms with van der Waals surface area (Å²) in [7, 11) is 3.15. The van der Waals surface area contributed by atoms with Crippen molar-refractivity contribution >= 4 is 11.8 Å². The molecule has 136 valence electrons. The molecule has 7 heteroatoms. The molecule has 3 rings (SSSR count). The van der Waals surface area contributed by atoms with Crippen LogP contribution >= 0.6 is 0 Å². The topological polar surface area (TPSA) is 84.4 Å². The normalized spacial score (nSPS) is 16.8. The van der Waals surface area contributed by atoms with Gasteiger partial charge in [-0.05, 0) is 31.4 Å². The third-order valence-corrected chi connectivity index (χ3v) is 4.54. The summed E-state index contributed by atoms with van der Waals surface area (Å²) in [5, 5.41) is 2.65. The Kier molecular flexibility index (Phi) is 5.46. The second-order valence-corrected chi connectivity index (χ2v) is 6.12. The van der Waals surface area contributed by atoms with E-state index in [1.54, 1.807) is 55.6 Å². The van der Waals surface area contributed by atoms with Gasteiger partial charge < -0.3 is 15.0 Å². The fourth-order valence-corrected chi connectivity index (χ4v) is 3.14. The molecule has 1 N–H and O–H groups in total. The molecule has 0 saturated carbocycles. The van der Waals surface area contributed by atoms with Gasteiger partial charge in [-0.3, -0.25) is 9.59 Å². The summed E-state index contributed by atoms with van der Waals surface area (Å²) in [6.07, 6.45) is 4.19. The zero-order valence-electron chi connectivity index (χ0n) is 14.9. The zero-order chi connectivity index (χ0) is 18.5. The van der Waals surface area contributed by atoms with E-state index >= 15 is 0 Å². The number of nitrogens with zero attached hydrogens (tertiary/aromatic N) is 3. The molecular weight excluding hydrogens is 332 g/mol. The minimum absolute atomic E-state index is 0.112. The molecule has 2 aromatic rings. The Morgan fingerprint density at radius 2 is 1.96 bits per heavy atom. The van der Waals surface area contributed by atoms with Crippen LogP contribution in [0.25, 0.3) is 11.4 Å². The first kappa shape index (κ1) is 17.8. The lowest BCUT2D eigenvalue weighted by Gasteiger charge is -2.34. The SMILES string of the molecule is CNC(=O)[C@@H]1CCCCN1C(=O)c1ccc(-c2nccc(OC)n2)cc1. The summed E-state index contributed by atoms with van der Waals surface area (Å²) < 4.78 is 5.11. The van der Waals surface area contributed by atoms with Gasteiger partial charge in [-0.25, -0.2) is 4.98 Å². The van der Waals surface area contributed by atoms with Crippen LogP contribution in [-0.4, -0.2) is 53.4 Å². The maximum Gasteiger partial charge on any atom is 0.254 e. The number of methoxy groups -OCH3 is 1. The molecule has 0 unspecified atom stereocenters. The molecule has 7 nitrogen and oxygen atoms in total. The van der Waals surface area contributed by atoms with Gasteiger partial charge in [0.05, 0.1) is 7.11 Å². The minimum atomic E-state index is -0.400. The molecule has 0 bridgehead atoms. The Hall–Kier alpha value is -2.96. The van der Waals surface area contributed by atoms with Crippen LogP contribution in [0.1, 0.15) is 29.6 Å². The molecule has 26 heavy (non-hydrogen) atoms. The lowest BCUT2D eigenvalue weighted by atomic mass is 9.99. The van der Waals surface area contributed by atoms with E-state index in [0.717, 1.165) is 18.4 Å². The van der Waals surface area contributed by atoms with Crippen molar-refractivity contribution in [3.05, 3.63) is 42.1 Å². The van der Waals surface area contributed by atoms with E-state index in [0.29, 0.717) is 30.2 Å². The Balaban J connectivity index is 1.80. The molecule has 1 aromatic carbocycles. The highest BCUT2D eigenvalue weighted by Crippen LogP contribution is 2.22. The number of hydrogen-bond donors (Lipinski definition) is 1.